The monoisotopic (exact) mass is 298 g/mol. The lowest BCUT2D eigenvalue weighted by Gasteiger charge is -2.30. The molecule has 0 bridgehead atoms. The summed E-state index contributed by atoms with van der Waals surface area (Å²) in [6.45, 7) is 3.92. The van der Waals surface area contributed by atoms with Crippen molar-refractivity contribution in [2.45, 2.75) is 32.8 Å². The highest BCUT2D eigenvalue weighted by Crippen LogP contribution is 2.28. The molecule has 0 saturated carbocycles. The zero-order valence-corrected chi connectivity index (χ0v) is 13.0. The van der Waals surface area contributed by atoms with E-state index >= 15 is 0 Å². The second kappa shape index (κ2) is 7.23. The summed E-state index contributed by atoms with van der Waals surface area (Å²) in [6.07, 6.45) is -0.0774. The van der Waals surface area contributed by atoms with Crippen LogP contribution in [0.2, 0.25) is 0 Å². The number of hydrogen-bond acceptors (Lipinski definition) is 3. The van der Waals surface area contributed by atoms with Crippen LogP contribution in [0.4, 0.5) is 0 Å². The molecule has 0 aliphatic heterocycles. The van der Waals surface area contributed by atoms with E-state index in [1.807, 2.05) is 50.2 Å². The lowest BCUT2D eigenvalue weighted by atomic mass is 9.79. The fourth-order valence-corrected chi connectivity index (χ4v) is 2.34. The Morgan fingerprint density at radius 3 is 2.18 bits per heavy atom. The molecule has 2 rings (SSSR count). The molecule has 2 aromatic carbocycles. The molecule has 0 aromatic heterocycles. The maximum absolute atomic E-state index is 11.9. The molecule has 3 heteroatoms. The Kier molecular flexibility index (Phi) is 5.34. The summed E-state index contributed by atoms with van der Waals surface area (Å²) in [7, 11) is 0. The summed E-state index contributed by atoms with van der Waals surface area (Å²) >= 11 is 0. The fourth-order valence-electron chi connectivity index (χ4n) is 2.34. The second-order valence-corrected chi connectivity index (χ2v) is 6.16. The first-order chi connectivity index (χ1) is 10.5. The van der Waals surface area contributed by atoms with Crippen molar-refractivity contribution in [1.29, 1.82) is 0 Å². The summed E-state index contributed by atoms with van der Waals surface area (Å²) in [5.74, 6) is 0.0837. The van der Waals surface area contributed by atoms with Crippen molar-refractivity contribution in [2.75, 3.05) is 0 Å². The minimum Gasteiger partial charge on any atom is -0.426 e. The van der Waals surface area contributed by atoms with E-state index in [0.29, 0.717) is 12.2 Å². The van der Waals surface area contributed by atoms with Gasteiger partial charge >= 0.3 is 5.97 Å². The van der Waals surface area contributed by atoms with E-state index in [1.165, 1.54) is 0 Å². The van der Waals surface area contributed by atoms with Gasteiger partial charge in [0.1, 0.15) is 5.75 Å². The molecule has 1 N–H and O–H groups in total. The van der Waals surface area contributed by atoms with Gasteiger partial charge in [-0.15, -0.1) is 0 Å². The molecule has 0 spiro atoms. The summed E-state index contributed by atoms with van der Waals surface area (Å²) in [5.41, 5.74) is 0.736. The average Bonchev–Trinajstić information content (AvgIpc) is 2.48. The van der Waals surface area contributed by atoms with Crippen LogP contribution in [-0.4, -0.2) is 17.2 Å². The van der Waals surface area contributed by atoms with Gasteiger partial charge in [-0.05, 0) is 29.5 Å². The Labute approximate surface area is 131 Å². The van der Waals surface area contributed by atoms with E-state index in [2.05, 4.69) is 0 Å². The number of benzene rings is 2. The minimum absolute atomic E-state index is 0.0191. The molecule has 116 valence electrons. The molecule has 0 radical (unpaired) electrons. The van der Waals surface area contributed by atoms with Gasteiger partial charge in [0.2, 0.25) is 0 Å². The van der Waals surface area contributed by atoms with E-state index in [0.717, 1.165) is 5.56 Å². The summed E-state index contributed by atoms with van der Waals surface area (Å²) in [6, 6.07) is 18.9. The van der Waals surface area contributed by atoms with Gasteiger partial charge in [-0.3, -0.25) is 4.79 Å². The predicted octanol–water partition coefficient (Wildman–Crippen LogP) is 3.61. The third-order valence-corrected chi connectivity index (χ3v) is 3.74. The molecule has 2 aromatic rings. The molecule has 0 aliphatic rings. The topological polar surface area (TPSA) is 46.5 Å². The molecule has 0 unspecified atom stereocenters. The van der Waals surface area contributed by atoms with Crippen LogP contribution in [0.1, 0.15) is 25.8 Å². The SMILES string of the molecule is CC(C)(Cc1ccccc1)[C@@H](O)CC(=O)Oc1ccccc1. The highest BCUT2D eigenvalue weighted by atomic mass is 16.5. The predicted molar refractivity (Wildman–Crippen MR) is 86.6 cm³/mol. The van der Waals surface area contributed by atoms with Crippen LogP contribution in [0.15, 0.2) is 60.7 Å². The Bertz CT molecular complexity index is 591. The van der Waals surface area contributed by atoms with Crippen molar-refractivity contribution >= 4 is 5.97 Å². The quantitative estimate of drug-likeness (QED) is 0.654. The van der Waals surface area contributed by atoms with Crippen LogP contribution in [0.25, 0.3) is 0 Å². The number of carbonyl (C=O) groups is 1. The van der Waals surface area contributed by atoms with Crippen LogP contribution >= 0.6 is 0 Å². The second-order valence-electron chi connectivity index (χ2n) is 6.16. The number of para-hydroxylation sites is 1. The Hall–Kier alpha value is -2.13. The van der Waals surface area contributed by atoms with Gasteiger partial charge in [-0.2, -0.15) is 0 Å². The molecule has 22 heavy (non-hydrogen) atoms. The minimum atomic E-state index is -0.760. The van der Waals surface area contributed by atoms with Crippen molar-refractivity contribution in [1.82, 2.24) is 0 Å². The summed E-state index contributed by atoms with van der Waals surface area (Å²) in [5, 5.41) is 10.4. The van der Waals surface area contributed by atoms with Gasteiger partial charge < -0.3 is 9.84 Å². The molecule has 3 nitrogen and oxygen atoms in total. The van der Waals surface area contributed by atoms with Gasteiger partial charge in [-0.25, -0.2) is 0 Å². The molecule has 0 aliphatic carbocycles. The highest BCUT2D eigenvalue weighted by molar-refractivity contribution is 5.72. The van der Waals surface area contributed by atoms with Crippen molar-refractivity contribution in [3.8, 4) is 5.75 Å². The smallest absolute Gasteiger partial charge is 0.313 e. The van der Waals surface area contributed by atoms with E-state index in [-0.39, 0.29) is 6.42 Å². The number of esters is 1. The van der Waals surface area contributed by atoms with Crippen LogP contribution < -0.4 is 4.74 Å². The molecular formula is C19H22O3. The van der Waals surface area contributed by atoms with Crippen molar-refractivity contribution in [2.24, 2.45) is 5.41 Å². The molecule has 0 amide bonds. The maximum Gasteiger partial charge on any atom is 0.313 e. The van der Waals surface area contributed by atoms with Gasteiger partial charge in [0.05, 0.1) is 12.5 Å². The number of aliphatic hydroxyl groups excluding tert-OH is 1. The van der Waals surface area contributed by atoms with E-state index in [1.54, 1.807) is 24.3 Å². The number of ether oxygens (including phenoxy) is 1. The largest absolute Gasteiger partial charge is 0.426 e. The fraction of sp³-hybridized carbons (Fsp3) is 0.316. The van der Waals surface area contributed by atoms with Gasteiger partial charge in [0.15, 0.2) is 0 Å². The third kappa shape index (κ3) is 4.71. The first kappa shape index (κ1) is 16.2. The summed E-state index contributed by atoms with van der Waals surface area (Å²) in [4.78, 5) is 11.9. The number of carbonyl (C=O) groups excluding carboxylic acids is 1. The Morgan fingerprint density at radius 2 is 1.59 bits per heavy atom. The lowest BCUT2D eigenvalue weighted by molar-refractivity contribution is -0.138. The summed E-state index contributed by atoms with van der Waals surface area (Å²) < 4.78 is 5.23. The van der Waals surface area contributed by atoms with Crippen LogP contribution in [0, 0.1) is 5.41 Å². The molecule has 1 atom stereocenters. The van der Waals surface area contributed by atoms with Gasteiger partial charge in [0.25, 0.3) is 0 Å². The number of hydrogen-bond donors (Lipinski definition) is 1. The van der Waals surface area contributed by atoms with Crippen LogP contribution in [0.5, 0.6) is 5.75 Å². The molecule has 0 saturated heterocycles. The maximum atomic E-state index is 11.9. The van der Waals surface area contributed by atoms with Crippen molar-refractivity contribution in [3.63, 3.8) is 0 Å². The molecule has 0 heterocycles. The third-order valence-electron chi connectivity index (χ3n) is 3.74. The Balaban J connectivity index is 1.92. The van der Waals surface area contributed by atoms with Gasteiger partial charge in [0, 0.05) is 0 Å². The average molecular weight is 298 g/mol. The van der Waals surface area contributed by atoms with Crippen LogP contribution in [0.3, 0.4) is 0 Å². The van der Waals surface area contributed by atoms with E-state index in [9.17, 15) is 9.90 Å². The van der Waals surface area contributed by atoms with Crippen LogP contribution in [-0.2, 0) is 11.2 Å². The lowest BCUT2D eigenvalue weighted by Crippen LogP contribution is -2.34. The Morgan fingerprint density at radius 1 is 1.05 bits per heavy atom. The first-order valence-electron chi connectivity index (χ1n) is 7.45. The van der Waals surface area contributed by atoms with Gasteiger partial charge in [-0.1, -0.05) is 62.4 Å². The first-order valence-corrected chi connectivity index (χ1v) is 7.45. The normalized spacial score (nSPS) is 12.7. The zero-order valence-electron chi connectivity index (χ0n) is 13.0. The number of rotatable bonds is 6. The van der Waals surface area contributed by atoms with Crippen molar-refractivity contribution < 1.29 is 14.6 Å². The van der Waals surface area contributed by atoms with E-state index in [4.69, 9.17) is 4.74 Å². The molecule has 0 fully saturated rings. The van der Waals surface area contributed by atoms with Crippen molar-refractivity contribution in [3.05, 3.63) is 66.2 Å². The zero-order chi connectivity index (χ0) is 16.0. The van der Waals surface area contributed by atoms with E-state index < -0.39 is 17.5 Å². The molecular weight excluding hydrogens is 276 g/mol. The highest BCUT2D eigenvalue weighted by Gasteiger charge is 2.30. The number of aliphatic hydroxyl groups is 1. The standard InChI is InChI=1S/C19H22O3/c1-19(2,14-15-9-5-3-6-10-15)17(20)13-18(21)22-16-11-7-4-8-12-16/h3-12,17,20H,13-14H2,1-2H3/t17-/m0/s1.